The molecule has 1 aliphatic rings. The average Bonchev–Trinajstić information content (AvgIpc) is 2.28. The molecule has 0 bridgehead atoms. The van der Waals surface area contributed by atoms with Crippen molar-refractivity contribution >= 4 is 22.4 Å². The van der Waals surface area contributed by atoms with E-state index in [9.17, 15) is 17.2 Å². The second kappa shape index (κ2) is 6.79. The van der Waals surface area contributed by atoms with E-state index in [4.69, 9.17) is 10.5 Å². The first-order chi connectivity index (χ1) is 7.37. The molecule has 0 aliphatic carbocycles. The van der Waals surface area contributed by atoms with Crippen molar-refractivity contribution in [3.05, 3.63) is 0 Å². The number of sulfonamides is 1. The van der Waals surface area contributed by atoms with Gasteiger partial charge in [-0.25, -0.2) is 21.9 Å². The average molecular weight is 295 g/mol. The number of alkyl halides is 2. The summed E-state index contributed by atoms with van der Waals surface area (Å²) in [5.74, 6) is -3.21. The van der Waals surface area contributed by atoms with Crippen LogP contribution >= 0.6 is 12.4 Å². The number of rotatable bonds is 5. The van der Waals surface area contributed by atoms with Gasteiger partial charge in [0.25, 0.3) is 5.92 Å². The van der Waals surface area contributed by atoms with Crippen molar-refractivity contribution in [2.45, 2.75) is 24.0 Å². The van der Waals surface area contributed by atoms with Gasteiger partial charge < -0.3 is 10.5 Å². The molecule has 0 spiro atoms. The Balaban J connectivity index is 0.00000256. The van der Waals surface area contributed by atoms with Crippen molar-refractivity contribution in [3.63, 3.8) is 0 Å². The molecule has 17 heavy (non-hydrogen) atoms. The van der Waals surface area contributed by atoms with Crippen LogP contribution in [0.2, 0.25) is 0 Å². The molecule has 0 radical (unpaired) electrons. The van der Waals surface area contributed by atoms with E-state index in [2.05, 4.69) is 0 Å². The van der Waals surface area contributed by atoms with Gasteiger partial charge in [-0.05, 0) is 12.8 Å². The van der Waals surface area contributed by atoms with Crippen LogP contribution < -0.4 is 10.5 Å². The molecule has 5 nitrogen and oxygen atoms in total. The van der Waals surface area contributed by atoms with Crippen molar-refractivity contribution in [1.82, 2.24) is 4.72 Å². The van der Waals surface area contributed by atoms with Gasteiger partial charge in [0.2, 0.25) is 10.0 Å². The number of halogens is 3. The van der Waals surface area contributed by atoms with Gasteiger partial charge in [0, 0.05) is 6.61 Å². The Morgan fingerprint density at radius 3 is 2.59 bits per heavy atom. The van der Waals surface area contributed by atoms with Gasteiger partial charge in [-0.1, -0.05) is 0 Å². The minimum absolute atomic E-state index is 0. The quantitative estimate of drug-likeness (QED) is 0.753. The Bertz CT molecular complexity index is 321. The van der Waals surface area contributed by atoms with E-state index in [0.29, 0.717) is 19.4 Å². The summed E-state index contributed by atoms with van der Waals surface area (Å²) in [5, 5.41) is -0.741. The van der Waals surface area contributed by atoms with E-state index < -0.39 is 34.3 Å². The van der Waals surface area contributed by atoms with Crippen LogP contribution in [0.4, 0.5) is 8.78 Å². The molecular weight excluding hydrogens is 278 g/mol. The molecule has 0 aromatic heterocycles. The zero-order valence-electron chi connectivity index (χ0n) is 9.19. The third kappa shape index (κ3) is 5.43. The molecule has 1 heterocycles. The molecule has 0 amide bonds. The van der Waals surface area contributed by atoms with E-state index in [-0.39, 0.29) is 19.0 Å². The summed E-state index contributed by atoms with van der Waals surface area (Å²) in [6, 6.07) is 0. The van der Waals surface area contributed by atoms with Crippen LogP contribution in [0, 0.1) is 0 Å². The first-order valence-electron chi connectivity index (χ1n) is 5.01. The summed E-state index contributed by atoms with van der Waals surface area (Å²) in [6.07, 6.45) is 1.06. The van der Waals surface area contributed by atoms with Crippen LogP contribution in [0.25, 0.3) is 0 Å². The highest BCUT2D eigenvalue weighted by Crippen LogP contribution is 2.15. The summed E-state index contributed by atoms with van der Waals surface area (Å²) in [7, 11) is -3.74. The topological polar surface area (TPSA) is 81.4 Å². The zero-order valence-corrected chi connectivity index (χ0v) is 10.8. The van der Waals surface area contributed by atoms with Gasteiger partial charge in [-0.2, -0.15) is 0 Å². The fourth-order valence-electron chi connectivity index (χ4n) is 1.35. The number of nitrogens with two attached hydrogens (primary N) is 1. The highest BCUT2D eigenvalue weighted by Gasteiger charge is 2.33. The third-order valence-electron chi connectivity index (χ3n) is 2.39. The first kappa shape index (κ1) is 17.0. The number of hydrogen-bond acceptors (Lipinski definition) is 4. The molecule has 1 fully saturated rings. The summed E-state index contributed by atoms with van der Waals surface area (Å²) in [4.78, 5) is 0. The summed E-state index contributed by atoms with van der Waals surface area (Å²) >= 11 is 0. The molecule has 0 aromatic rings. The minimum Gasteiger partial charge on any atom is -0.380 e. The van der Waals surface area contributed by atoms with Gasteiger partial charge in [0.15, 0.2) is 0 Å². The molecule has 0 aromatic carbocycles. The molecular formula is C8H17ClF2N2O3S. The molecule has 1 aliphatic heterocycles. The van der Waals surface area contributed by atoms with Crippen molar-refractivity contribution in [2.24, 2.45) is 5.73 Å². The Morgan fingerprint density at radius 2 is 2.12 bits per heavy atom. The van der Waals surface area contributed by atoms with Crippen LogP contribution in [0.15, 0.2) is 0 Å². The van der Waals surface area contributed by atoms with E-state index >= 15 is 0 Å². The fourth-order valence-corrected chi connectivity index (χ4v) is 2.75. The van der Waals surface area contributed by atoms with Crippen LogP contribution in [0.5, 0.6) is 0 Å². The summed E-state index contributed by atoms with van der Waals surface area (Å²) in [5.41, 5.74) is 4.80. The highest BCUT2D eigenvalue weighted by atomic mass is 35.5. The zero-order chi connectivity index (χ0) is 12.2. The summed E-state index contributed by atoms with van der Waals surface area (Å²) < 4.78 is 55.6. The lowest BCUT2D eigenvalue weighted by Gasteiger charge is -2.23. The van der Waals surface area contributed by atoms with Crippen LogP contribution in [-0.4, -0.2) is 45.9 Å². The fraction of sp³-hybridized carbons (Fsp3) is 1.00. The van der Waals surface area contributed by atoms with Crippen molar-refractivity contribution < 1.29 is 21.9 Å². The van der Waals surface area contributed by atoms with Crippen LogP contribution in [-0.2, 0) is 14.8 Å². The Kier molecular flexibility index (Phi) is 6.78. The smallest absolute Gasteiger partial charge is 0.273 e. The van der Waals surface area contributed by atoms with Crippen LogP contribution in [0.3, 0.4) is 0 Å². The van der Waals surface area contributed by atoms with Crippen molar-refractivity contribution in [3.8, 4) is 0 Å². The minimum atomic E-state index is -3.74. The molecule has 3 N–H and O–H groups in total. The number of ether oxygens (including phenoxy) is 1. The van der Waals surface area contributed by atoms with Crippen molar-refractivity contribution in [1.29, 1.82) is 0 Å². The lowest BCUT2D eigenvalue weighted by atomic mass is 10.2. The molecule has 1 atom stereocenters. The monoisotopic (exact) mass is 294 g/mol. The molecule has 0 saturated carbocycles. The molecule has 104 valence electrons. The highest BCUT2D eigenvalue weighted by molar-refractivity contribution is 7.90. The van der Waals surface area contributed by atoms with E-state index in [1.807, 2.05) is 4.72 Å². The second-order valence-corrected chi connectivity index (χ2v) is 5.81. The largest absolute Gasteiger partial charge is 0.380 e. The lowest BCUT2D eigenvalue weighted by molar-refractivity contribution is 0.0167. The van der Waals surface area contributed by atoms with E-state index in [1.54, 1.807) is 0 Å². The van der Waals surface area contributed by atoms with Gasteiger partial charge in [0.05, 0.1) is 24.9 Å². The first-order valence-corrected chi connectivity index (χ1v) is 6.56. The SMILES string of the molecule is Cl.NCC(F)(F)CNS(=O)(=O)C1CCCOC1. The third-order valence-corrected chi connectivity index (χ3v) is 4.18. The Morgan fingerprint density at radius 1 is 1.47 bits per heavy atom. The van der Waals surface area contributed by atoms with E-state index in [0.717, 1.165) is 0 Å². The summed E-state index contributed by atoms with van der Waals surface area (Å²) in [6.45, 7) is -1.26. The molecule has 1 unspecified atom stereocenters. The maximum Gasteiger partial charge on any atom is 0.273 e. The second-order valence-electron chi connectivity index (χ2n) is 3.77. The molecule has 1 rings (SSSR count). The van der Waals surface area contributed by atoms with Gasteiger partial charge in [0.1, 0.15) is 0 Å². The number of hydrogen-bond donors (Lipinski definition) is 2. The van der Waals surface area contributed by atoms with E-state index in [1.165, 1.54) is 0 Å². The normalized spacial score (nSPS) is 21.9. The maximum atomic E-state index is 12.8. The van der Waals surface area contributed by atoms with Gasteiger partial charge in [-0.3, -0.25) is 0 Å². The van der Waals surface area contributed by atoms with Crippen LogP contribution in [0.1, 0.15) is 12.8 Å². The predicted molar refractivity (Wildman–Crippen MR) is 62.0 cm³/mol. The predicted octanol–water partition coefficient (Wildman–Crippen LogP) is 0.101. The standard InChI is InChI=1S/C8H16F2N2O3S.ClH/c9-8(10,5-11)6-12-16(13,14)7-2-1-3-15-4-7;/h7,12H,1-6,11H2;1H. The van der Waals surface area contributed by atoms with Gasteiger partial charge in [-0.15, -0.1) is 12.4 Å². The van der Waals surface area contributed by atoms with Gasteiger partial charge >= 0.3 is 0 Å². The van der Waals surface area contributed by atoms with Crippen molar-refractivity contribution in [2.75, 3.05) is 26.3 Å². The molecule has 1 saturated heterocycles. The Hall–Kier alpha value is -0.0200. The lowest BCUT2D eigenvalue weighted by Crippen LogP contribution is -2.46. The Labute approximate surface area is 106 Å². The maximum absolute atomic E-state index is 12.8. The molecule has 9 heteroatoms. The number of nitrogens with one attached hydrogen (secondary N) is 1.